The van der Waals surface area contributed by atoms with Gasteiger partial charge in [0.1, 0.15) is 17.2 Å². The lowest BCUT2D eigenvalue weighted by atomic mass is 10.0. The molecule has 2 fully saturated rings. The van der Waals surface area contributed by atoms with Gasteiger partial charge in [0.05, 0.1) is 18.8 Å². The number of alkyl halides is 3. The van der Waals surface area contributed by atoms with Gasteiger partial charge in [-0.1, -0.05) is 0 Å². The van der Waals surface area contributed by atoms with Crippen LogP contribution in [0.1, 0.15) is 33.7 Å². The summed E-state index contributed by atoms with van der Waals surface area (Å²) >= 11 is 0. The average Bonchev–Trinajstić information content (AvgIpc) is 3.33. The third-order valence-corrected chi connectivity index (χ3v) is 6.88. The normalized spacial score (nSPS) is 18.0. The molecule has 0 bridgehead atoms. The van der Waals surface area contributed by atoms with Gasteiger partial charge in [0, 0.05) is 55.3 Å². The van der Waals surface area contributed by atoms with Crippen LogP contribution in [0.25, 0.3) is 11.4 Å². The molecule has 1 atom stereocenters. The topological polar surface area (TPSA) is 120 Å². The molecule has 0 aliphatic carbocycles. The van der Waals surface area contributed by atoms with Gasteiger partial charge in [-0.3, -0.25) is 14.5 Å². The zero-order valence-electron chi connectivity index (χ0n) is 21.5. The highest BCUT2D eigenvalue weighted by Crippen LogP contribution is 2.35. The van der Waals surface area contributed by atoms with E-state index in [0.717, 1.165) is 12.1 Å². The molecule has 0 unspecified atom stereocenters. The lowest BCUT2D eigenvalue weighted by Gasteiger charge is -2.27. The summed E-state index contributed by atoms with van der Waals surface area (Å²) in [6.07, 6.45) is -3.45. The van der Waals surface area contributed by atoms with E-state index in [4.69, 9.17) is 15.2 Å². The number of ether oxygens (including phenoxy) is 2. The maximum absolute atomic E-state index is 13.4. The molecule has 12 heteroatoms. The standard InChI is InChI=1S/C28H28F3N5O4/c29-28(30,31)20-3-6-24(19(13-20)16-36-9-11-39-12-10-36)40-22-4-1-17(2-5-22)26-34-21(15-23(35-26)25(32)37)14-18-7-8-33-27(18)38/h1-6,13,15,18H,7-12,14,16H2,(H2,32,37)(H,33,38)/t18-/m1/s1. The first-order valence-corrected chi connectivity index (χ1v) is 12.9. The summed E-state index contributed by atoms with van der Waals surface area (Å²) in [5, 5.41) is 2.78. The van der Waals surface area contributed by atoms with Crippen LogP contribution < -0.4 is 15.8 Å². The van der Waals surface area contributed by atoms with Crippen molar-refractivity contribution in [2.45, 2.75) is 25.6 Å². The predicted molar refractivity (Wildman–Crippen MR) is 138 cm³/mol. The van der Waals surface area contributed by atoms with Crippen LogP contribution in [-0.4, -0.2) is 59.5 Å². The molecular weight excluding hydrogens is 527 g/mol. The first-order chi connectivity index (χ1) is 19.2. The number of hydrogen-bond donors (Lipinski definition) is 2. The molecule has 40 heavy (non-hydrogen) atoms. The molecule has 2 amide bonds. The zero-order valence-corrected chi connectivity index (χ0v) is 21.5. The van der Waals surface area contributed by atoms with Crippen molar-refractivity contribution in [1.29, 1.82) is 0 Å². The van der Waals surface area contributed by atoms with Crippen molar-refractivity contribution in [3.63, 3.8) is 0 Å². The van der Waals surface area contributed by atoms with Crippen LogP contribution in [-0.2, 0) is 28.7 Å². The number of carbonyl (C=O) groups is 2. The third kappa shape index (κ3) is 6.57. The quantitative estimate of drug-likeness (QED) is 0.436. The Morgan fingerprint density at radius 2 is 1.85 bits per heavy atom. The Balaban J connectivity index is 1.38. The van der Waals surface area contributed by atoms with Crippen LogP contribution in [0.5, 0.6) is 11.5 Å². The molecule has 2 aliphatic rings. The van der Waals surface area contributed by atoms with Gasteiger partial charge in [0.15, 0.2) is 5.82 Å². The lowest BCUT2D eigenvalue weighted by molar-refractivity contribution is -0.137. The number of morpholine rings is 1. The van der Waals surface area contributed by atoms with E-state index in [1.165, 1.54) is 12.1 Å². The molecule has 0 radical (unpaired) electrons. The number of carbonyl (C=O) groups excluding carboxylic acids is 2. The minimum absolute atomic E-state index is 0.0382. The van der Waals surface area contributed by atoms with Gasteiger partial charge in [0.25, 0.3) is 5.91 Å². The SMILES string of the molecule is NC(=O)c1cc(C[C@H]2CCNC2=O)nc(-c2ccc(Oc3ccc(C(F)(F)F)cc3CN3CCOCC3)cc2)n1. The van der Waals surface area contributed by atoms with Gasteiger partial charge >= 0.3 is 6.18 Å². The predicted octanol–water partition coefficient (Wildman–Crippen LogP) is 3.56. The summed E-state index contributed by atoms with van der Waals surface area (Å²) in [6.45, 7) is 3.15. The van der Waals surface area contributed by atoms with Gasteiger partial charge in [-0.2, -0.15) is 13.2 Å². The summed E-state index contributed by atoms with van der Waals surface area (Å²) in [7, 11) is 0. The smallest absolute Gasteiger partial charge is 0.416 e. The molecule has 1 aromatic heterocycles. The Morgan fingerprint density at radius 1 is 1.10 bits per heavy atom. The van der Waals surface area contributed by atoms with Gasteiger partial charge in [0.2, 0.25) is 5.91 Å². The Kier molecular flexibility index (Phi) is 7.99. The first kappa shape index (κ1) is 27.5. The molecule has 0 spiro atoms. The van der Waals surface area contributed by atoms with E-state index in [2.05, 4.69) is 15.3 Å². The fourth-order valence-electron chi connectivity index (χ4n) is 4.73. The molecule has 3 N–H and O–H groups in total. The summed E-state index contributed by atoms with van der Waals surface area (Å²) in [5.74, 6) is -0.0280. The first-order valence-electron chi connectivity index (χ1n) is 12.9. The van der Waals surface area contributed by atoms with Crippen LogP contribution in [0.2, 0.25) is 0 Å². The second-order valence-electron chi connectivity index (χ2n) is 9.75. The highest BCUT2D eigenvalue weighted by Gasteiger charge is 2.31. The number of rotatable bonds is 8. The van der Waals surface area contributed by atoms with Crippen molar-refractivity contribution in [2.75, 3.05) is 32.8 Å². The van der Waals surface area contributed by atoms with Crippen LogP contribution in [0, 0.1) is 5.92 Å². The van der Waals surface area contributed by atoms with Crippen LogP contribution in [0.3, 0.4) is 0 Å². The monoisotopic (exact) mass is 555 g/mol. The van der Waals surface area contributed by atoms with E-state index < -0.39 is 17.6 Å². The molecule has 5 rings (SSSR count). The van der Waals surface area contributed by atoms with Crippen molar-refractivity contribution in [3.8, 4) is 22.9 Å². The largest absolute Gasteiger partial charge is 0.457 e. The number of benzene rings is 2. The van der Waals surface area contributed by atoms with Crippen molar-refractivity contribution in [3.05, 3.63) is 71.0 Å². The number of hydrogen-bond acceptors (Lipinski definition) is 7. The van der Waals surface area contributed by atoms with E-state index >= 15 is 0 Å². The van der Waals surface area contributed by atoms with Gasteiger partial charge in [-0.25, -0.2) is 9.97 Å². The van der Waals surface area contributed by atoms with Gasteiger partial charge in [-0.15, -0.1) is 0 Å². The molecule has 3 heterocycles. The Bertz CT molecular complexity index is 1390. The molecular formula is C28H28F3N5O4. The second kappa shape index (κ2) is 11.6. The summed E-state index contributed by atoms with van der Waals surface area (Å²) < 4.78 is 51.6. The van der Waals surface area contributed by atoms with E-state index in [1.807, 2.05) is 4.90 Å². The van der Waals surface area contributed by atoms with Crippen molar-refractivity contribution >= 4 is 11.8 Å². The minimum atomic E-state index is -4.47. The van der Waals surface area contributed by atoms with E-state index in [0.29, 0.717) is 74.0 Å². The van der Waals surface area contributed by atoms with Crippen molar-refractivity contribution in [1.82, 2.24) is 20.2 Å². The van der Waals surface area contributed by atoms with E-state index in [1.54, 1.807) is 24.3 Å². The number of aromatic nitrogens is 2. The van der Waals surface area contributed by atoms with E-state index in [9.17, 15) is 22.8 Å². The Hall–Kier alpha value is -4.03. The molecule has 210 valence electrons. The number of amides is 2. The Labute approximate surface area is 228 Å². The van der Waals surface area contributed by atoms with Gasteiger partial charge in [-0.05, 0) is 55.0 Å². The fourth-order valence-corrected chi connectivity index (χ4v) is 4.73. The van der Waals surface area contributed by atoms with E-state index in [-0.39, 0.29) is 29.9 Å². The van der Waals surface area contributed by atoms with Gasteiger partial charge < -0.3 is 20.5 Å². The number of nitrogens with zero attached hydrogens (tertiary/aromatic N) is 3. The van der Waals surface area contributed by atoms with Crippen molar-refractivity contribution in [2.24, 2.45) is 11.7 Å². The molecule has 2 aliphatic heterocycles. The third-order valence-electron chi connectivity index (χ3n) is 6.88. The Morgan fingerprint density at radius 3 is 2.50 bits per heavy atom. The molecule has 2 saturated heterocycles. The molecule has 3 aromatic rings. The van der Waals surface area contributed by atoms with Crippen LogP contribution in [0.15, 0.2) is 48.5 Å². The number of halogens is 3. The van der Waals surface area contributed by atoms with Crippen molar-refractivity contribution < 1.29 is 32.2 Å². The number of nitrogens with two attached hydrogens (primary N) is 1. The zero-order chi connectivity index (χ0) is 28.3. The average molecular weight is 556 g/mol. The lowest BCUT2D eigenvalue weighted by Crippen LogP contribution is -2.35. The number of primary amides is 1. The summed E-state index contributed by atoms with van der Waals surface area (Å²) in [4.78, 5) is 34.8. The molecule has 9 nitrogen and oxygen atoms in total. The summed E-state index contributed by atoms with van der Waals surface area (Å²) in [5.41, 5.74) is 6.30. The van der Waals surface area contributed by atoms with Crippen LogP contribution >= 0.6 is 0 Å². The molecule has 0 saturated carbocycles. The maximum atomic E-state index is 13.4. The summed E-state index contributed by atoms with van der Waals surface area (Å²) in [6, 6.07) is 11.6. The van der Waals surface area contributed by atoms with Crippen LogP contribution in [0.4, 0.5) is 13.2 Å². The highest BCUT2D eigenvalue weighted by molar-refractivity contribution is 5.91. The number of nitrogens with one attached hydrogen (secondary N) is 1. The highest BCUT2D eigenvalue weighted by atomic mass is 19.4. The maximum Gasteiger partial charge on any atom is 0.416 e. The minimum Gasteiger partial charge on any atom is -0.457 e. The fraction of sp³-hybridized carbons (Fsp3) is 0.357. The molecule has 2 aromatic carbocycles. The second-order valence-corrected chi connectivity index (χ2v) is 9.75.